The Morgan fingerprint density at radius 2 is 2.05 bits per heavy atom. The molecule has 0 radical (unpaired) electrons. The molecule has 0 atom stereocenters. The van der Waals surface area contributed by atoms with Crippen molar-refractivity contribution in [2.75, 3.05) is 6.54 Å². The fourth-order valence-corrected chi connectivity index (χ4v) is 1.70. The minimum Gasteiger partial charge on any atom is -0.456 e. The Labute approximate surface area is 112 Å². The molecule has 0 saturated carbocycles. The summed E-state index contributed by atoms with van der Waals surface area (Å²) < 4.78 is 19.1. The van der Waals surface area contributed by atoms with Gasteiger partial charge in [0.05, 0.1) is 6.20 Å². The van der Waals surface area contributed by atoms with Crippen LogP contribution in [0.25, 0.3) is 0 Å². The van der Waals surface area contributed by atoms with E-state index >= 15 is 0 Å². The predicted molar refractivity (Wildman–Crippen MR) is 72.8 cm³/mol. The summed E-state index contributed by atoms with van der Waals surface area (Å²) in [6.07, 6.45) is 1.63. The number of halogens is 1. The molecule has 19 heavy (non-hydrogen) atoms. The average Bonchev–Trinajstić information content (AvgIpc) is 2.38. The molecule has 2 aromatic rings. The second-order valence-electron chi connectivity index (χ2n) is 4.31. The highest BCUT2D eigenvalue weighted by Gasteiger charge is 2.03. The van der Waals surface area contributed by atoms with Gasteiger partial charge in [-0.2, -0.15) is 0 Å². The molecule has 0 amide bonds. The zero-order valence-corrected chi connectivity index (χ0v) is 11.1. The summed E-state index contributed by atoms with van der Waals surface area (Å²) in [6.45, 7) is 5.38. The van der Waals surface area contributed by atoms with Gasteiger partial charge in [-0.25, -0.2) is 4.39 Å². The lowest BCUT2D eigenvalue weighted by atomic mass is 10.2. The molecular formula is C15H17FN2O. The highest BCUT2D eigenvalue weighted by Crippen LogP contribution is 2.23. The van der Waals surface area contributed by atoms with E-state index in [1.54, 1.807) is 6.20 Å². The molecule has 0 bridgehead atoms. The van der Waals surface area contributed by atoms with E-state index in [4.69, 9.17) is 4.74 Å². The monoisotopic (exact) mass is 260 g/mol. The fourth-order valence-electron chi connectivity index (χ4n) is 1.70. The van der Waals surface area contributed by atoms with Gasteiger partial charge in [0.2, 0.25) is 0 Å². The van der Waals surface area contributed by atoms with Crippen molar-refractivity contribution in [3.8, 4) is 11.5 Å². The van der Waals surface area contributed by atoms with Crippen molar-refractivity contribution in [3.63, 3.8) is 0 Å². The van der Waals surface area contributed by atoms with Crippen LogP contribution in [0.4, 0.5) is 4.39 Å². The van der Waals surface area contributed by atoms with Crippen LogP contribution >= 0.6 is 0 Å². The lowest BCUT2D eigenvalue weighted by molar-refractivity contribution is 0.472. The first-order valence-corrected chi connectivity index (χ1v) is 6.28. The Bertz CT molecular complexity index is 540. The van der Waals surface area contributed by atoms with Crippen LogP contribution in [0, 0.1) is 12.7 Å². The first kappa shape index (κ1) is 13.5. The summed E-state index contributed by atoms with van der Waals surface area (Å²) in [5.74, 6) is 0.787. The van der Waals surface area contributed by atoms with Gasteiger partial charge in [0.25, 0.3) is 0 Å². The zero-order chi connectivity index (χ0) is 13.7. The van der Waals surface area contributed by atoms with E-state index in [1.807, 2.05) is 32.0 Å². The number of benzene rings is 1. The van der Waals surface area contributed by atoms with Gasteiger partial charge in [-0.05, 0) is 43.3 Å². The molecule has 1 aromatic heterocycles. The SMILES string of the molecule is CCNCc1cc(F)cc(Oc2ccc(C)nc2)c1. The summed E-state index contributed by atoms with van der Waals surface area (Å²) in [7, 11) is 0. The first-order chi connectivity index (χ1) is 9.17. The molecule has 0 aliphatic heterocycles. The third-order valence-electron chi connectivity index (χ3n) is 2.63. The second-order valence-corrected chi connectivity index (χ2v) is 4.31. The first-order valence-electron chi connectivity index (χ1n) is 6.28. The molecule has 2 rings (SSSR count). The minimum absolute atomic E-state index is 0.300. The maximum Gasteiger partial charge on any atom is 0.145 e. The molecular weight excluding hydrogens is 243 g/mol. The van der Waals surface area contributed by atoms with Crippen molar-refractivity contribution in [1.82, 2.24) is 10.3 Å². The fraction of sp³-hybridized carbons (Fsp3) is 0.267. The van der Waals surface area contributed by atoms with E-state index in [2.05, 4.69) is 10.3 Å². The molecule has 0 fully saturated rings. The van der Waals surface area contributed by atoms with Crippen LogP contribution in [-0.2, 0) is 6.54 Å². The normalized spacial score (nSPS) is 10.5. The highest BCUT2D eigenvalue weighted by atomic mass is 19.1. The van der Waals surface area contributed by atoms with Crippen LogP contribution in [0.15, 0.2) is 36.5 Å². The molecule has 0 spiro atoms. The van der Waals surface area contributed by atoms with E-state index in [0.717, 1.165) is 17.8 Å². The lowest BCUT2D eigenvalue weighted by Crippen LogP contribution is -2.11. The maximum absolute atomic E-state index is 13.5. The standard InChI is InChI=1S/C15H17FN2O/c1-3-17-9-12-6-13(16)8-15(7-12)19-14-5-4-11(2)18-10-14/h4-8,10,17H,3,9H2,1-2H3. The third kappa shape index (κ3) is 4.03. The van der Waals surface area contributed by atoms with Gasteiger partial charge in [-0.15, -0.1) is 0 Å². The highest BCUT2D eigenvalue weighted by molar-refractivity contribution is 5.34. The molecule has 3 nitrogen and oxygen atoms in total. The summed E-state index contributed by atoms with van der Waals surface area (Å²) in [5.41, 5.74) is 1.77. The lowest BCUT2D eigenvalue weighted by Gasteiger charge is -2.08. The average molecular weight is 260 g/mol. The Balaban J connectivity index is 2.15. The van der Waals surface area contributed by atoms with Crippen LogP contribution in [0.2, 0.25) is 0 Å². The van der Waals surface area contributed by atoms with Crippen LogP contribution < -0.4 is 10.1 Å². The van der Waals surface area contributed by atoms with Crippen molar-refractivity contribution in [3.05, 3.63) is 53.6 Å². The Hall–Kier alpha value is -1.94. The molecule has 0 unspecified atom stereocenters. The Morgan fingerprint density at radius 3 is 2.74 bits per heavy atom. The molecule has 1 aromatic carbocycles. The molecule has 4 heteroatoms. The number of aryl methyl sites for hydroxylation is 1. The zero-order valence-electron chi connectivity index (χ0n) is 11.1. The number of nitrogens with one attached hydrogen (secondary N) is 1. The number of aromatic nitrogens is 1. The topological polar surface area (TPSA) is 34.1 Å². The number of ether oxygens (including phenoxy) is 1. The van der Waals surface area contributed by atoms with Gasteiger partial charge in [0.1, 0.15) is 17.3 Å². The van der Waals surface area contributed by atoms with Crippen molar-refractivity contribution in [1.29, 1.82) is 0 Å². The van der Waals surface area contributed by atoms with Crippen molar-refractivity contribution in [2.24, 2.45) is 0 Å². The van der Waals surface area contributed by atoms with Crippen LogP contribution in [-0.4, -0.2) is 11.5 Å². The second kappa shape index (κ2) is 6.29. The van der Waals surface area contributed by atoms with Crippen molar-refractivity contribution in [2.45, 2.75) is 20.4 Å². The van der Waals surface area contributed by atoms with Crippen molar-refractivity contribution >= 4 is 0 Å². The molecule has 1 heterocycles. The number of rotatable bonds is 5. The molecule has 0 aliphatic rings. The Kier molecular flexibility index (Phi) is 4.47. The molecule has 0 saturated heterocycles. The smallest absolute Gasteiger partial charge is 0.145 e. The summed E-state index contributed by atoms with van der Waals surface area (Å²) in [5, 5.41) is 3.16. The number of hydrogen-bond acceptors (Lipinski definition) is 3. The van der Waals surface area contributed by atoms with Gasteiger partial charge in [-0.1, -0.05) is 6.92 Å². The third-order valence-corrected chi connectivity index (χ3v) is 2.63. The van der Waals surface area contributed by atoms with E-state index in [1.165, 1.54) is 12.1 Å². The van der Waals surface area contributed by atoms with Gasteiger partial charge in [-0.3, -0.25) is 4.98 Å². The van der Waals surface area contributed by atoms with Crippen LogP contribution in [0.3, 0.4) is 0 Å². The quantitative estimate of drug-likeness (QED) is 0.894. The Morgan fingerprint density at radius 1 is 1.21 bits per heavy atom. The maximum atomic E-state index is 13.5. The van der Waals surface area contributed by atoms with Gasteiger partial charge < -0.3 is 10.1 Å². The van der Waals surface area contributed by atoms with Gasteiger partial charge in [0, 0.05) is 18.3 Å². The number of nitrogens with zero attached hydrogens (tertiary/aromatic N) is 1. The van der Waals surface area contributed by atoms with Crippen LogP contribution in [0.5, 0.6) is 11.5 Å². The van der Waals surface area contributed by atoms with E-state index in [0.29, 0.717) is 18.0 Å². The van der Waals surface area contributed by atoms with Gasteiger partial charge in [0.15, 0.2) is 0 Å². The molecule has 0 aliphatic carbocycles. The van der Waals surface area contributed by atoms with E-state index < -0.39 is 0 Å². The van der Waals surface area contributed by atoms with E-state index in [-0.39, 0.29) is 5.82 Å². The minimum atomic E-state index is -0.300. The van der Waals surface area contributed by atoms with E-state index in [9.17, 15) is 4.39 Å². The van der Waals surface area contributed by atoms with Gasteiger partial charge >= 0.3 is 0 Å². The molecule has 100 valence electrons. The number of pyridine rings is 1. The summed E-state index contributed by atoms with van der Waals surface area (Å²) in [6, 6.07) is 8.37. The summed E-state index contributed by atoms with van der Waals surface area (Å²) in [4.78, 5) is 4.14. The van der Waals surface area contributed by atoms with Crippen molar-refractivity contribution < 1.29 is 9.13 Å². The number of hydrogen-bond donors (Lipinski definition) is 1. The molecule has 1 N–H and O–H groups in total. The predicted octanol–water partition coefficient (Wildman–Crippen LogP) is 3.43. The summed E-state index contributed by atoms with van der Waals surface area (Å²) >= 11 is 0. The van der Waals surface area contributed by atoms with Crippen LogP contribution in [0.1, 0.15) is 18.2 Å². The largest absolute Gasteiger partial charge is 0.456 e.